The molecule has 0 aliphatic carbocycles. The van der Waals surface area contributed by atoms with Gasteiger partial charge >= 0.3 is 0 Å². The molecule has 1 aromatic carbocycles. The highest BCUT2D eigenvalue weighted by molar-refractivity contribution is 9.10. The number of aryl methyl sites for hydroxylation is 1. The SMILES string of the molecule is Cc1ccc2nc(Cl)c(Br)cc2c1. The minimum Gasteiger partial charge on any atom is -0.235 e. The molecule has 0 atom stereocenters. The van der Waals surface area contributed by atoms with Crippen molar-refractivity contribution >= 4 is 38.4 Å². The second kappa shape index (κ2) is 3.28. The number of benzene rings is 1. The molecule has 0 N–H and O–H groups in total. The first kappa shape index (κ1) is 8.97. The molecule has 1 nitrogen and oxygen atoms in total. The Kier molecular flexibility index (Phi) is 2.26. The van der Waals surface area contributed by atoms with Crippen molar-refractivity contribution in [1.29, 1.82) is 0 Å². The van der Waals surface area contributed by atoms with Gasteiger partial charge in [-0.2, -0.15) is 0 Å². The Morgan fingerprint density at radius 1 is 1.31 bits per heavy atom. The lowest BCUT2D eigenvalue weighted by molar-refractivity contribution is 1.37. The van der Waals surface area contributed by atoms with Crippen LogP contribution in [0.3, 0.4) is 0 Å². The number of halogens is 2. The lowest BCUT2D eigenvalue weighted by atomic mass is 10.1. The van der Waals surface area contributed by atoms with Gasteiger partial charge in [0.05, 0.1) is 9.99 Å². The van der Waals surface area contributed by atoms with Gasteiger partial charge in [0.1, 0.15) is 5.15 Å². The lowest BCUT2D eigenvalue weighted by Crippen LogP contribution is -1.82. The van der Waals surface area contributed by atoms with Gasteiger partial charge in [0.2, 0.25) is 0 Å². The molecule has 13 heavy (non-hydrogen) atoms. The van der Waals surface area contributed by atoms with E-state index in [1.54, 1.807) is 0 Å². The first-order valence-electron chi connectivity index (χ1n) is 3.89. The monoisotopic (exact) mass is 255 g/mol. The van der Waals surface area contributed by atoms with Crippen molar-refractivity contribution in [2.75, 3.05) is 0 Å². The van der Waals surface area contributed by atoms with E-state index < -0.39 is 0 Å². The number of hydrogen-bond donors (Lipinski definition) is 0. The summed E-state index contributed by atoms with van der Waals surface area (Å²) in [5.41, 5.74) is 2.15. The number of pyridine rings is 1. The van der Waals surface area contributed by atoms with Gasteiger partial charge in [-0.05, 0) is 41.1 Å². The number of fused-ring (bicyclic) bond motifs is 1. The van der Waals surface area contributed by atoms with E-state index in [0.29, 0.717) is 5.15 Å². The van der Waals surface area contributed by atoms with Crippen LogP contribution in [0.25, 0.3) is 10.9 Å². The molecule has 0 fully saturated rings. The minimum absolute atomic E-state index is 0.511. The van der Waals surface area contributed by atoms with E-state index in [9.17, 15) is 0 Å². The van der Waals surface area contributed by atoms with Gasteiger partial charge in [0.15, 0.2) is 0 Å². The molecule has 1 aromatic heterocycles. The predicted octanol–water partition coefficient (Wildman–Crippen LogP) is 3.96. The first-order chi connectivity index (χ1) is 6.16. The molecular weight excluding hydrogens is 249 g/mol. The summed E-state index contributed by atoms with van der Waals surface area (Å²) in [6.07, 6.45) is 0. The van der Waals surface area contributed by atoms with Crippen molar-refractivity contribution in [3.8, 4) is 0 Å². The highest BCUT2D eigenvalue weighted by atomic mass is 79.9. The van der Waals surface area contributed by atoms with E-state index in [1.165, 1.54) is 5.56 Å². The summed E-state index contributed by atoms with van der Waals surface area (Å²) < 4.78 is 0.840. The van der Waals surface area contributed by atoms with Crippen molar-refractivity contribution in [2.45, 2.75) is 6.92 Å². The fourth-order valence-electron chi connectivity index (χ4n) is 1.25. The maximum absolute atomic E-state index is 5.87. The van der Waals surface area contributed by atoms with E-state index in [0.717, 1.165) is 15.4 Å². The smallest absolute Gasteiger partial charge is 0.143 e. The number of nitrogens with zero attached hydrogens (tertiary/aromatic N) is 1. The third-order valence-electron chi connectivity index (χ3n) is 1.88. The first-order valence-corrected chi connectivity index (χ1v) is 5.06. The summed E-state index contributed by atoms with van der Waals surface area (Å²) in [5.74, 6) is 0. The lowest BCUT2D eigenvalue weighted by Gasteiger charge is -2.00. The van der Waals surface area contributed by atoms with Crippen LogP contribution in [0.1, 0.15) is 5.56 Å². The van der Waals surface area contributed by atoms with Gasteiger partial charge in [-0.25, -0.2) is 4.98 Å². The maximum Gasteiger partial charge on any atom is 0.143 e. The molecule has 0 saturated carbocycles. The minimum atomic E-state index is 0.511. The Morgan fingerprint density at radius 2 is 2.08 bits per heavy atom. The summed E-state index contributed by atoms with van der Waals surface area (Å²) in [5, 5.41) is 1.62. The average molecular weight is 257 g/mol. The Morgan fingerprint density at radius 3 is 2.85 bits per heavy atom. The van der Waals surface area contributed by atoms with Crippen LogP contribution in [0.4, 0.5) is 0 Å². The predicted molar refractivity (Wildman–Crippen MR) is 59.2 cm³/mol. The Labute approximate surface area is 89.9 Å². The summed E-state index contributed by atoms with van der Waals surface area (Å²) in [7, 11) is 0. The van der Waals surface area contributed by atoms with Gasteiger partial charge in [-0.3, -0.25) is 0 Å². The Hall–Kier alpha value is -0.600. The Bertz CT molecular complexity index is 468. The largest absolute Gasteiger partial charge is 0.235 e. The van der Waals surface area contributed by atoms with Crippen molar-refractivity contribution in [2.24, 2.45) is 0 Å². The van der Waals surface area contributed by atoms with Crippen LogP contribution in [0.15, 0.2) is 28.7 Å². The van der Waals surface area contributed by atoms with E-state index in [2.05, 4.69) is 33.9 Å². The number of aromatic nitrogens is 1. The highest BCUT2D eigenvalue weighted by Gasteiger charge is 2.01. The van der Waals surface area contributed by atoms with Crippen LogP contribution < -0.4 is 0 Å². The van der Waals surface area contributed by atoms with Crippen molar-refractivity contribution in [3.63, 3.8) is 0 Å². The van der Waals surface area contributed by atoms with E-state index >= 15 is 0 Å². The molecule has 66 valence electrons. The standard InChI is InChI=1S/C10H7BrClN/c1-6-2-3-9-7(4-6)5-8(11)10(12)13-9/h2-5H,1H3. The zero-order valence-corrected chi connectivity index (χ0v) is 9.35. The quantitative estimate of drug-likeness (QED) is 0.650. The molecule has 0 radical (unpaired) electrons. The van der Waals surface area contributed by atoms with Crippen molar-refractivity contribution in [1.82, 2.24) is 4.98 Å². The Balaban J connectivity index is 2.81. The summed E-state index contributed by atoms with van der Waals surface area (Å²) >= 11 is 9.22. The van der Waals surface area contributed by atoms with Gasteiger partial charge < -0.3 is 0 Å². The van der Waals surface area contributed by atoms with Crippen LogP contribution in [0, 0.1) is 6.92 Å². The molecule has 1 heterocycles. The van der Waals surface area contributed by atoms with Gasteiger partial charge in [-0.15, -0.1) is 0 Å². The van der Waals surface area contributed by atoms with Crippen molar-refractivity contribution < 1.29 is 0 Å². The second-order valence-electron chi connectivity index (χ2n) is 2.96. The van der Waals surface area contributed by atoms with E-state index in [-0.39, 0.29) is 0 Å². The molecule has 2 rings (SSSR count). The fraction of sp³-hybridized carbons (Fsp3) is 0.100. The number of rotatable bonds is 0. The molecular formula is C10H7BrClN. The van der Waals surface area contributed by atoms with Crippen LogP contribution in [0.2, 0.25) is 5.15 Å². The number of hydrogen-bond acceptors (Lipinski definition) is 1. The molecule has 0 spiro atoms. The van der Waals surface area contributed by atoms with Gasteiger partial charge in [0, 0.05) is 5.39 Å². The molecule has 0 amide bonds. The van der Waals surface area contributed by atoms with Gasteiger partial charge in [-0.1, -0.05) is 23.2 Å². The summed E-state index contributed by atoms with van der Waals surface area (Å²) in [6, 6.07) is 8.07. The zero-order valence-electron chi connectivity index (χ0n) is 7.01. The molecule has 3 heteroatoms. The zero-order chi connectivity index (χ0) is 9.42. The van der Waals surface area contributed by atoms with Crippen LogP contribution >= 0.6 is 27.5 Å². The van der Waals surface area contributed by atoms with E-state index in [1.807, 2.05) is 18.2 Å². The summed E-state index contributed by atoms with van der Waals surface area (Å²) in [6.45, 7) is 2.06. The highest BCUT2D eigenvalue weighted by Crippen LogP contribution is 2.25. The van der Waals surface area contributed by atoms with Gasteiger partial charge in [0.25, 0.3) is 0 Å². The molecule has 0 bridgehead atoms. The molecule has 0 saturated heterocycles. The van der Waals surface area contributed by atoms with Crippen LogP contribution in [0.5, 0.6) is 0 Å². The van der Waals surface area contributed by atoms with E-state index in [4.69, 9.17) is 11.6 Å². The molecule has 2 aromatic rings. The normalized spacial score (nSPS) is 10.7. The molecule has 0 unspecified atom stereocenters. The maximum atomic E-state index is 5.87. The summed E-state index contributed by atoms with van der Waals surface area (Å²) in [4.78, 5) is 4.23. The fourth-order valence-corrected chi connectivity index (χ4v) is 1.73. The third-order valence-corrected chi connectivity index (χ3v) is 3.00. The molecule has 0 aliphatic heterocycles. The van der Waals surface area contributed by atoms with Crippen LogP contribution in [-0.4, -0.2) is 4.98 Å². The molecule has 0 aliphatic rings. The average Bonchev–Trinajstić information content (AvgIpc) is 2.08. The topological polar surface area (TPSA) is 12.9 Å². The second-order valence-corrected chi connectivity index (χ2v) is 4.17. The van der Waals surface area contributed by atoms with Crippen LogP contribution in [-0.2, 0) is 0 Å². The van der Waals surface area contributed by atoms with Crippen molar-refractivity contribution in [3.05, 3.63) is 39.5 Å². The third kappa shape index (κ3) is 1.69.